The standard InChI is InChI=1S/C21H32F2N4O2/c1-2-5-21(22,23)13-15(17(28)26-20(14-24)7-8-20)16-4-3-6-19(16)9-11-27(12-10-19)18(25)29/h15-16H,2-13H2,1H3,(H2,25,29)(H,26,28)/t15-,16?/m0/s1. The van der Waals surface area contributed by atoms with Gasteiger partial charge in [-0.2, -0.15) is 5.26 Å². The highest BCUT2D eigenvalue weighted by Crippen LogP contribution is 2.55. The van der Waals surface area contributed by atoms with Crippen LogP contribution in [0.5, 0.6) is 0 Å². The van der Waals surface area contributed by atoms with Gasteiger partial charge in [-0.1, -0.05) is 19.8 Å². The maximum absolute atomic E-state index is 14.6. The van der Waals surface area contributed by atoms with E-state index in [0.717, 1.165) is 19.3 Å². The molecule has 0 aromatic rings. The fraction of sp³-hybridized carbons (Fsp3) is 0.857. The molecule has 3 fully saturated rings. The van der Waals surface area contributed by atoms with Crippen molar-refractivity contribution in [1.82, 2.24) is 10.2 Å². The molecule has 2 atom stereocenters. The number of halogens is 2. The third-order valence-electron chi connectivity index (χ3n) is 7.33. The number of hydrogen-bond donors (Lipinski definition) is 2. The first kappa shape index (κ1) is 21.8. The van der Waals surface area contributed by atoms with E-state index < -0.39 is 35.7 Å². The lowest BCUT2D eigenvalue weighted by Crippen LogP contribution is -2.51. The van der Waals surface area contributed by atoms with Gasteiger partial charge in [-0.15, -0.1) is 0 Å². The monoisotopic (exact) mass is 410 g/mol. The van der Waals surface area contributed by atoms with Crippen LogP contribution < -0.4 is 11.1 Å². The Labute approximate surface area is 171 Å². The van der Waals surface area contributed by atoms with Gasteiger partial charge in [0.05, 0.1) is 6.07 Å². The van der Waals surface area contributed by atoms with Crippen LogP contribution in [-0.4, -0.2) is 41.4 Å². The van der Waals surface area contributed by atoms with Crippen LogP contribution in [0.15, 0.2) is 0 Å². The molecule has 3 aliphatic rings. The second-order valence-corrected chi connectivity index (χ2v) is 9.29. The molecule has 2 saturated carbocycles. The minimum Gasteiger partial charge on any atom is -0.351 e. The number of hydrogen-bond acceptors (Lipinski definition) is 3. The first-order valence-electron chi connectivity index (χ1n) is 10.8. The van der Waals surface area contributed by atoms with Gasteiger partial charge < -0.3 is 16.0 Å². The third kappa shape index (κ3) is 4.65. The number of alkyl halides is 2. The van der Waals surface area contributed by atoms with Crippen molar-refractivity contribution in [1.29, 1.82) is 5.26 Å². The zero-order valence-corrected chi connectivity index (χ0v) is 17.2. The fourth-order valence-electron chi connectivity index (χ4n) is 5.51. The summed E-state index contributed by atoms with van der Waals surface area (Å²) in [6.45, 7) is 2.73. The highest BCUT2D eigenvalue weighted by atomic mass is 19.3. The van der Waals surface area contributed by atoms with Gasteiger partial charge in [0.15, 0.2) is 0 Å². The number of rotatable bonds is 7. The predicted molar refractivity (Wildman–Crippen MR) is 104 cm³/mol. The van der Waals surface area contributed by atoms with Crippen LogP contribution in [0.25, 0.3) is 0 Å². The summed E-state index contributed by atoms with van der Waals surface area (Å²) in [5.41, 5.74) is 4.32. The fourth-order valence-corrected chi connectivity index (χ4v) is 5.51. The number of nitrogens with zero attached hydrogens (tertiary/aromatic N) is 2. The van der Waals surface area contributed by atoms with Crippen molar-refractivity contribution < 1.29 is 18.4 Å². The summed E-state index contributed by atoms with van der Waals surface area (Å²) in [5, 5.41) is 12.1. The highest BCUT2D eigenvalue weighted by Gasteiger charge is 2.54. The summed E-state index contributed by atoms with van der Waals surface area (Å²) in [7, 11) is 0. The van der Waals surface area contributed by atoms with E-state index in [1.807, 2.05) is 0 Å². The Morgan fingerprint density at radius 1 is 1.28 bits per heavy atom. The van der Waals surface area contributed by atoms with Crippen molar-refractivity contribution in [3.8, 4) is 6.07 Å². The number of likely N-dealkylation sites (tertiary alicyclic amines) is 1. The van der Waals surface area contributed by atoms with Crippen LogP contribution in [0.3, 0.4) is 0 Å². The Balaban J connectivity index is 1.81. The van der Waals surface area contributed by atoms with Gasteiger partial charge in [-0.3, -0.25) is 4.79 Å². The SMILES string of the molecule is CCCC(F)(F)C[C@H](C(=O)NC1(C#N)CC1)C1CCCC12CCN(C(N)=O)CC2. The second-order valence-electron chi connectivity index (χ2n) is 9.29. The average molecular weight is 411 g/mol. The molecule has 8 heteroatoms. The van der Waals surface area contributed by atoms with Gasteiger partial charge in [0.25, 0.3) is 0 Å². The van der Waals surface area contributed by atoms with Gasteiger partial charge in [0, 0.05) is 31.8 Å². The molecule has 0 aromatic heterocycles. The summed E-state index contributed by atoms with van der Waals surface area (Å²) in [4.78, 5) is 26.2. The number of carbonyl (C=O) groups excluding carboxylic acids is 2. The van der Waals surface area contributed by atoms with E-state index in [2.05, 4.69) is 11.4 Å². The van der Waals surface area contributed by atoms with Crippen molar-refractivity contribution in [3.05, 3.63) is 0 Å². The lowest BCUT2D eigenvalue weighted by molar-refractivity contribution is -0.135. The Kier molecular flexibility index (Phi) is 6.07. The smallest absolute Gasteiger partial charge is 0.314 e. The molecule has 3 N–H and O–H groups in total. The molecule has 1 unspecified atom stereocenters. The van der Waals surface area contributed by atoms with Gasteiger partial charge in [-0.25, -0.2) is 13.6 Å². The number of carbonyl (C=O) groups is 2. The summed E-state index contributed by atoms with van der Waals surface area (Å²) in [6, 6.07) is 1.67. The van der Waals surface area contributed by atoms with Crippen LogP contribution in [0, 0.1) is 28.6 Å². The van der Waals surface area contributed by atoms with Gasteiger partial charge in [0.2, 0.25) is 11.8 Å². The van der Waals surface area contributed by atoms with E-state index in [-0.39, 0.29) is 17.8 Å². The lowest BCUT2D eigenvalue weighted by Gasteiger charge is -2.45. The highest BCUT2D eigenvalue weighted by molar-refractivity contribution is 5.81. The van der Waals surface area contributed by atoms with Crippen LogP contribution in [-0.2, 0) is 4.79 Å². The molecule has 6 nitrogen and oxygen atoms in total. The molecular weight excluding hydrogens is 378 g/mol. The minimum absolute atomic E-state index is 0.158. The number of urea groups is 1. The second kappa shape index (κ2) is 8.08. The molecule has 1 heterocycles. The normalized spacial score (nSPS) is 26.0. The van der Waals surface area contributed by atoms with Gasteiger partial charge in [-0.05, 0) is 49.9 Å². The van der Waals surface area contributed by atoms with Crippen molar-refractivity contribution >= 4 is 11.9 Å². The molecule has 1 aliphatic heterocycles. The van der Waals surface area contributed by atoms with Crippen molar-refractivity contribution in [2.75, 3.05) is 13.1 Å². The Morgan fingerprint density at radius 2 is 1.93 bits per heavy atom. The molecule has 2 aliphatic carbocycles. The van der Waals surface area contributed by atoms with Crippen LogP contribution in [0.4, 0.5) is 13.6 Å². The number of nitriles is 1. The Morgan fingerprint density at radius 3 is 2.45 bits per heavy atom. The molecule has 3 rings (SSSR count). The zero-order chi connectivity index (χ0) is 21.3. The summed E-state index contributed by atoms with van der Waals surface area (Å²) in [5.74, 6) is -4.28. The van der Waals surface area contributed by atoms with Crippen LogP contribution in [0.1, 0.15) is 71.1 Å². The molecule has 29 heavy (non-hydrogen) atoms. The maximum atomic E-state index is 14.6. The summed E-state index contributed by atoms with van der Waals surface area (Å²) in [6.07, 6.45) is 4.69. The van der Waals surface area contributed by atoms with E-state index in [1.165, 1.54) is 0 Å². The zero-order valence-electron chi connectivity index (χ0n) is 17.2. The average Bonchev–Trinajstić information content (AvgIpc) is 3.33. The van der Waals surface area contributed by atoms with Gasteiger partial charge >= 0.3 is 6.03 Å². The van der Waals surface area contributed by atoms with E-state index in [1.54, 1.807) is 11.8 Å². The van der Waals surface area contributed by atoms with Gasteiger partial charge in [0.1, 0.15) is 5.54 Å². The molecular formula is C21H32F2N4O2. The quantitative estimate of drug-likeness (QED) is 0.671. The van der Waals surface area contributed by atoms with Crippen molar-refractivity contribution in [2.24, 2.45) is 23.0 Å². The lowest BCUT2D eigenvalue weighted by atomic mass is 9.64. The third-order valence-corrected chi connectivity index (χ3v) is 7.33. The number of amides is 3. The van der Waals surface area contributed by atoms with E-state index in [9.17, 15) is 23.6 Å². The summed E-state index contributed by atoms with van der Waals surface area (Å²) >= 11 is 0. The van der Waals surface area contributed by atoms with Crippen LogP contribution in [0.2, 0.25) is 0 Å². The van der Waals surface area contributed by atoms with E-state index in [0.29, 0.717) is 45.2 Å². The van der Waals surface area contributed by atoms with Crippen molar-refractivity contribution in [2.45, 2.75) is 82.6 Å². The number of nitrogens with two attached hydrogens (primary N) is 1. The van der Waals surface area contributed by atoms with Crippen LogP contribution >= 0.6 is 0 Å². The molecule has 1 spiro atoms. The maximum Gasteiger partial charge on any atom is 0.314 e. The summed E-state index contributed by atoms with van der Waals surface area (Å²) < 4.78 is 29.3. The molecule has 0 bridgehead atoms. The molecule has 0 radical (unpaired) electrons. The van der Waals surface area contributed by atoms with E-state index in [4.69, 9.17) is 5.73 Å². The Hall–Kier alpha value is -1.91. The van der Waals surface area contributed by atoms with Crippen molar-refractivity contribution in [3.63, 3.8) is 0 Å². The topological polar surface area (TPSA) is 99.2 Å². The predicted octanol–water partition coefficient (Wildman–Crippen LogP) is 3.56. The molecule has 3 amide bonds. The molecule has 0 aromatic carbocycles. The number of piperidine rings is 1. The minimum atomic E-state index is -2.90. The van der Waals surface area contributed by atoms with E-state index >= 15 is 0 Å². The first-order chi connectivity index (χ1) is 13.7. The number of primary amides is 1. The largest absolute Gasteiger partial charge is 0.351 e. The Bertz CT molecular complexity index is 679. The first-order valence-corrected chi connectivity index (χ1v) is 10.8. The molecule has 162 valence electrons. The molecule has 1 saturated heterocycles. The number of nitrogens with one attached hydrogen (secondary N) is 1.